The highest BCUT2D eigenvalue weighted by Gasteiger charge is 2.37. The van der Waals surface area contributed by atoms with Gasteiger partial charge in [-0.2, -0.15) is 0 Å². The van der Waals surface area contributed by atoms with E-state index in [1.807, 2.05) is 30.3 Å². The van der Waals surface area contributed by atoms with Crippen molar-refractivity contribution in [2.75, 3.05) is 13.2 Å². The molecule has 1 aliphatic rings. The minimum Gasteiger partial charge on any atom is -0.463 e. The summed E-state index contributed by atoms with van der Waals surface area (Å²) in [6.07, 6.45) is 3.02. The van der Waals surface area contributed by atoms with Crippen molar-refractivity contribution < 1.29 is 28.6 Å². The molecule has 2 aromatic rings. The first-order chi connectivity index (χ1) is 16.8. The predicted molar refractivity (Wildman–Crippen MR) is 132 cm³/mol. The highest BCUT2D eigenvalue weighted by Crippen LogP contribution is 2.39. The maximum Gasteiger partial charge on any atom is 0.336 e. The van der Waals surface area contributed by atoms with Crippen LogP contribution in [-0.2, 0) is 23.9 Å². The molecule has 0 aliphatic carbocycles. The first-order valence-corrected chi connectivity index (χ1v) is 11.4. The van der Waals surface area contributed by atoms with Gasteiger partial charge in [0.05, 0.1) is 30.3 Å². The van der Waals surface area contributed by atoms with Crippen LogP contribution in [-0.4, -0.2) is 31.1 Å². The highest BCUT2D eigenvalue weighted by molar-refractivity contribution is 6.00. The Morgan fingerprint density at radius 1 is 0.829 bits per heavy atom. The SMILES string of the molecule is CCOC(=O)C1=C(C)NC(C)=C(C(=O)OCC)C1c1ccc(OC(=O)/C=C/c2ccccc2)cc1. The summed E-state index contributed by atoms with van der Waals surface area (Å²) in [5.41, 5.74) is 3.40. The van der Waals surface area contributed by atoms with Crippen LogP contribution in [0.25, 0.3) is 6.08 Å². The molecule has 3 rings (SSSR count). The van der Waals surface area contributed by atoms with E-state index in [4.69, 9.17) is 14.2 Å². The molecule has 0 aromatic heterocycles. The number of nitrogens with one attached hydrogen (secondary N) is 1. The Morgan fingerprint density at radius 3 is 1.89 bits per heavy atom. The maximum absolute atomic E-state index is 12.9. The summed E-state index contributed by atoms with van der Waals surface area (Å²) in [6.45, 7) is 7.37. The molecule has 0 saturated heterocycles. The van der Waals surface area contributed by atoms with E-state index in [9.17, 15) is 14.4 Å². The molecule has 0 spiro atoms. The van der Waals surface area contributed by atoms with Crippen LogP contribution < -0.4 is 10.1 Å². The van der Waals surface area contributed by atoms with Gasteiger partial charge < -0.3 is 19.5 Å². The minimum atomic E-state index is -0.697. The van der Waals surface area contributed by atoms with Gasteiger partial charge in [-0.1, -0.05) is 42.5 Å². The van der Waals surface area contributed by atoms with Crippen molar-refractivity contribution in [3.63, 3.8) is 0 Å². The Hall–Kier alpha value is -4.13. The molecule has 1 aliphatic heterocycles. The molecule has 0 unspecified atom stereocenters. The van der Waals surface area contributed by atoms with Crippen LogP contribution in [0.1, 0.15) is 44.7 Å². The lowest BCUT2D eigenvalue weighted by molar-refractivity contribution is -0.139. The van der Waals surface area contributed by atoms with Gasteiger partial charge in [-0.3, -0.25) is 0 Å². The monoisotopic (exact) mass is 475 g/mol. The summed E-state index contributed by atoms with van der Waals surface area (Å²) >= 11 is 0. The molecule has 2 aromatic carbocycles. The fourth-order valence-corrected chi connectivity index (χ4v) is 3.89. The minimum absolute atomic E-state index is 0.200. The number of rotatable bonds is 8. The first kappa shape index (κ1) is 25.5. The third-order valence-electron chi connectivity index (χ3n) is 5.39. The van der Waals surface area contributed by atoms with E-state index in [0.29, 0.717) is 33.9 Å². The van der Waals surface area contributed by atoms with Gasteiger partial charge in [-0.25, -0.2) is 14.4 Å². The normalized spacial score (nSPS) is 14.1. The quantitative estimate of drug-likeness (QED) is 0.337. The van der Waals surface area contributed by atoms with Crippen LogP contribution >= 0.6 is 0 Å². The van der Waals surface area contributed by atoms with Gasteiger partial charge in [0.25, 0.3) is 0 Å². The second kappa shape index (κ2) is 11.8. The van der Waals surface area contributed by atoms with E-state index in [1.54, 1.807) is 58.0 Å². The Morgan fingerprint density at radius 2 is 1.37 bits per heavy atom. The summed E-state index contributed by atoms with van der Waals surface area (Å²) in [7, 11) is 0. The number of ether oxygens (including phenoxy) is 3. The molecule has 35 heavy (non-hydrogen) atoms. The molecule has 0 saturated carbocycles. The molecule has 0 amide bonds. The second-order valence-corrected chi connectivity index (χ2v) is 7.81. The van der Waals surface area contributed by atoms with E-state index in [0.717, 1.165) is 5.56 Å². The molecule has 7 heteroatoms. The van der Waals surface area contributed by atoms with Crippen LogP contribution in [0.5, 0.6) is 5.75 Å². The van der Waals surface area contributed by atoms with Gasteiger partial charge in [0, 0.05) is 17.5 Å². The van der Waals surface area contributed by atoms with Crippen LogP contribution in [0.15, 0.2) is 83.2 Å². The molecule has 7 nitrogen and oxygen atoms in total. The van der Waals surface area contributed by atoms with Gasteiger partial charge in [-0.15, -0.1) is 0 Å². The van der Waals surface area contributed by atoms with Gasteiger partial charge in [0.2, 0.25) is 0 Å². The number of carbonyl (C=O) groups is 3. The summed E-state index contributed by atoms with van der Waals surface area (Å²) in [6, 6.07) is 16.1. The third kappa shape index (κ3) is 6.26. The number of hydrogen-bond acceptors (Lipinski definition) is 7. The first-order valence-electron chi connectivity index (χ1n) is 11.4. The number of allylic oxidation sites excluding steroid dienone is 2. The van der Waals surface area contributed by atoms with E-state index in [2.05, 4.69) is 5.32 Å². The van der Waals surface area contributed by atoms with Crippen molar-refractivity contribution in [1.29, 1.82) is 0 Å². The summed E-state index contributed by atoms with van der Waals surface area (Å²) < 4.78 is 16.0. The molecular weight excluding hydrogens is 446 g/mol. The van der Waals surface area contributed by atoms with Crippen molar-refractivity contribution in [3.8, 4) is 5.75 Å². The zero-order valence-electron chi connectivity index (χ0n) is 20.3. The van der Waals surface area contributed by atoms with Crippen molar-refractivity contribution in [2.24, 2.45) is 0 Å². The van der Waals surface area contributed by atoms with E-state index < -0.39 is 23.8 Å². The number of esters is 3. The largest absolute Gasteiger partial charge is 0.463 e. The lowest BCUT2D eigenvalue weighted by atomic mass is 9.80. The van der Waals surface area contributed by atoms with Gasteiger partial charge >= 0.3 is 17.9 Å². The lowest BCUT2D eigenvalue weighted by Gasteiger charge is -2.30. The van der Waals surface area contributed by atoms with Gasteiger partial charge in [0.15, 0.2) is 0 Å². The average molecular weight is 476 g/mol. The van der Waals surface area contributed by atoms with Gasteiger partial charge in [-0.05, 0) is 57.0 Å². The van der Waals surface area contributed by atoms with E-state index in [-0.39, 0.29) is 13.2 Å². The van der Waals surface area contributed by atoms with Crippen LogP contribution in [0.2, 0.25) is 0 Å². The Labute approximate surface area is 205 Å². The number of hydrogen-bond donors (Lipinski definition) is 1. The van der Waals surface area contributed by atoms with E-state index in [1.165, 1.54) is 6.08 Å². The lowest BCUT2D eigenvalue weighted by Crippen LogP contribution is -2.32. The number of carbonyl (C=O) groups excluding carboxylic acids is 3. The van der Waals surface area contributed by atoms with Crippen LogP contribution in [0.3, 0.4) is 0 Å². The topological polar surface area (TPSA) is 90.9 Å². The predicted octanol–water partition coefficient (Wildman–Crippen LogP) is 4.67. The molecule has 0 fully saturated rings. The Balaban J connectivity index is 1.89. The molecule has 0 bridgehead atoms. The molecule has 0 atom stereocenters. The summed E-state index contributed by atoms with van der Waals surface area (Å²) in [5, 5.41) is 3.10. The van der Waals surface area contributed by atoms with Crippen molar-refractivity contribution in [3.05, 3.63) is 94.3 Å². The fraction of sp³-hybridized carbons (Fsp3) is 0.250. The number of dihydropyridines is 1. The third-order valence-corrected chi connectivity index (χ3v) is 5.39. The molecule has 0 radical (unpaired) electrons. The average Bonchev–Trinajstić information content (AvgIpc) is 2.83. The smallest absolute Gasteiger partial charge is 0.336 e. The Kier molecular flexibility index (Phi) is 8.62. The van der Waals surface area contributed by atoms with Gasteiger partial charge in [0.1, 0.15) is 5.75 Å². The Bertz CT molecular complexity index is 1140. The molecule has 182 valence electrons. The van der Waals surface area contributed by atoms with Crippen molar-refractivity contribution >= 4 is 24.0 Å². The van der Waals surface area contributed by atoms with Crippen molar-refractivity contribution in [2.45, 2.75) is 33.6 Å². The van der Waals surface area contributed by atoms with Crippen LogP contribution in [0, 0.1) is 0 Å². The molecular formula is C28H29NO6. The molecule has 1 N–H and O–H groups in total. The second-order valence-electron chi connectivity index (χ2n) is 7.81. The summed E-state index contributed by atoms with van der Waals surface area (Å²) in [4.78, 5) is 37.9. The number of benzene rings is 2. The zero-order valence-corrected chi connectivity index (χ0v) is 20.3. The maximum atomic E-state index is 12.9. The standard InChI is InChI=1S/C28H29NO6/c1-5-33-27(31)24-18(3)29-19(4)25(28(32)34-6-2)26(24)21-13-15-22(16-14-21)35-23(30)17-12-20-10-8-7-9-11-20/h7-17,26,29H,5-6H2,1-4H3/b17-12+. The van der Waals surface area contributed by atoms with E-state index >= 15 is 0 Å². The van der Waals surface area contributed by atoms with Crippen molar-refractivity contribution in [1.82, 2.24) is 5.32 Å². The highest BCUT2D eigenvalue weighted by atomic mass is 16.5. The zero-order chi connectivity index (χ0) is 25.4. The van der Waals surface area contributed by atoms with Crippen LogP contribution in [0.4, 0.5) is 0 Å². The summed E-state index contributed by atoms with van der Waals surface area (Å²) in [5.74, 6) is -1.91. The fourth-order valence-electron chi connectivity index (χ4n) is 3.89. The molecule has 1 heterocycles.